The molecule has 1 unspecified atom stereocenters. The lowest BCUT2D eigenvalue weighted by atomic mass is 10.00. The maximum absolute atomic E-state index is 5.67. The van der Waals surface area contributed by atoms with Crippen molar-refractivity contribution in [2.24, 2.45) is 5.84 Å². The van der Waals surface area contributed by atoms with Gasteiger partial charge in [-0.25, -0.2) is 0 Å². The molecule has 0 bridgehead atoms. The summed E-state index contributed by atoms with van der Waals surface area (Å²) in [7, 11) is 3.26. The molecule has 0 aliphatic rings. The van der Waals surface area contributed by atoms with Crippen molar-refractivity contribution in [3.63, 3.8) is 0 Å². The van der Waals surface area contributed by atoms with E-state index in [9.17, 15) is 0 Å². The number of nitrogens with two attached hydrogens (primary N) is 1. The number of nitrogens with one attached hydrogen (secondary N) is 1. The molecule has 0 saturated carbocycles. The third-order valence-electron chi connectivity index (χ3n) is 3.37. The molecule has 5 nitrogen and oxygen atoms in total. The van der Waals surface area contributed by atoms with Gasteiger partial charge in [-0.3, -0.25) is 16.3 Å². The van der Waals surface area contributed by atoms with Crippen molar-refractivity contribution in [3.8, 4) is 11.5 Å². The number of benzene rings is 1. The van der Waals surface area contributed by atoms with Gasteiger partial charge in [-0.15, -0.1) is 0 Å². The van der Waals surface area contributed by atoms with E-state index < -0.39 is 0 Å². The minimum Gasteiger partial charge on any atom is -0.493 e. The van der Waals surface area contributed by atoms with Gasteiger partial charge in [-0.05, 0) is 42.2 Å². The van der Waals surface area contributed by atoms with Gasteiger partial charge in [0.05, 0.1) is 14.2 Å². The Labute approximate surface area is 125 Å². The van der Waals surface area contributed by atoms with E-state index in [0.29, 0.717) is 0 Å². The summed E-state index contributed by atoms with van der Waals surface area (Å²) in [4.78, 5) is 4.12. The standard InChI is InChI=1S/C16H21N3O2/c1-20-15-6-5-12(10-16(15)21-2)8-14(19-17)9-13-4-3-7-18-11-13/h3-7,10-11,14,19H,8-9,17H2,1-2H3. The molecule has 1 aromatic carbocycles. The van der Waals surface area contributed by atoms with Crippen LogP contribution in [0.3, 0.4) is 0 Å². The number of nitrogens with zero attached hydrogens (tertiary/aromatic N) is 1. The smallest absolute Gasteiger partial charge is 0.160 e. The topological polar surface area (TPSA) is 69.4 Å². The molecule has 1 aromatic heterocycles. The molecule has 0 saturated heterocycles. The lowest BCUT2D eigenvalue weighted by Gasteiger charge is -2.17. The summed E-state index contributed by atoms with van der Waals surface area (Å²) in [5.74, 6) is 7.13. The second-order valence-corrected chi connectivity index (χ2v) is 4.82. The number of ether oxygens (including phenoxy) is 2. The number of methoxy groups -OCH3 is 2. The average Bonchev–Trinajstić information content (AvgIpc) is 2.55. The van der Waals surface area contributed by atoms with Gasteiger partial charge in [0.1, 0.15) is 0 Å². The fourth-order valence-corrected chi connectivity index (χ4v) is 2.29. The van der Waals surface area contributed by atoms with Crippen LogP contribution in [-0.2, 0) is 12.8 Å². The van der Waals surface area contributed by atoms with Gasteiger partial charge in [-0.1, -0.05) is 12.1 Å². The number of hydrogen-bond acceptors (Lipinski definition) is 5. The van der Waals surface area contributed by atoms with Crippen LogP contribution in [-0.4, -0.2) is 25.2 Å². The van der Waals surface area contributed by atoms with Gasteiger partial charge >= 0.3 is 0 Å². The number of aromatic nitrogens is 1. The van der Waals surface area contributed by atoms with E-state index >= 15 is 0 Å². The highest BCUT2D eigenvalue weighted by molar-refractivity contribution is 5.43. The molecule has 3 N–H and O–H groups in total. The van der Waals surface area contributed by atoms with Crippen LogP contribution in [0.15, 0.2) is 42.7 Å². The minimum absolute atomic E-state index is 0.132. The molecular formula is C16H21N3O2. The molecule has 21 heavy (non-hydrogen) atoms. The Bertz CT molecular complexity index is 561. The lowest BCUT2D eigenvalue weighted by Crippen LogP contribution is -2.38. The predicted octanol–water partition coefficient (Wildman–Crippen LogP) is 1.72. The maximum Gasteiger partial charge on any atom is 0.160 e. The van der Waals surface area contributed by atoms with Crippen LogP contribution >= 0.6 is 0 Å². The van der Waals surface area contributed by atoms with Gasteiger partial charge in [0.2, 0.25) is 0 Å². The Morgan fingerprint density at radius 2 is 1.86 bits per heavy atom. The van der Waals surface area contributed by atoms with Crippen molar-refractivity contribution in [1.29, 1.82) is 0 Å². The third-order valence-corrected chi connectivity index (χ3v) is 3.37. The largest absolute Gasteiger partial charge is 0.493 e. The van der Waals surface area contributed by atoms with Crippen molar-refractivity contribution in [3.05, 3.63) is 53.9 Å². The Balaban J connectivity index is 2.08. The van der Waals surface area contributed by atoms with Gasteiger partial charge in [0.15, 0.2) is 11.5 Å². The van der Waals surface area contributed by atoms with Crippen molar-refractivity contribution >= 4 is 0 Å². The molecule has 1 atom stereocenters. The summed E-state index contributed by atoms with van der Waals surface area (Å²) < 4.78 is 10.6. The van der Waals surface area contributed by atoms with Crippen LogP contribution in [0.5, 0.6) is 11.5 Å². The summed E-state index contributed by atoms with van der Waals surface area (Å²) in [6.07, 6.45) is 5.24. The number of rotatable bonds is 7. The zero-order chi connectivity index (χ0) is 15.1. The monoisotopic (exact) mass is 287 g/mol. The second-order valence-electron chi connectivity index (χ2n) is 4.82. The fourth-order valence-electron chi connectivity index (χ4n) is 2.29. The highest BCUT2D eigenvalue weighted by atomic mass is 16.5. The maximum atomic E-state index is 5.67. The Hall–Kier alpha value is -2.11. The summed E-state index contributed by atoms with van der Waals surface area (Å²) in [5, 5.41) is 0. The summed E-state index contributed by atoms with van der Waals surface area (Å²) in [6.45, 7) is 0. The molecule has 0 aliphatic heterocycles. The van der Waals surface area contributed by atoms with Crippen LogP contribution in [0.4, 0.5) is 0 Å². The highest BCUT2D eigenvalue weighted by Gasteiger charge is 2.11. The lowest BCUT2D eigenvalue weighted by molar-refractivity contribution is 0.354. The second kappa shape index (κ2) is 7.61. The first-order chi connectivity index (χ1) is 10.3. The molecule has 0 spiro atoms. The van der Waals surface area contributed by atoms with E-state index in [1.807, 2.05) is 36.5 Å². The highest BCUT2D eigenvalue weighted by Crippen LogP contribution is 2.28. The number of hydrogen-bond donors (Lipinski definition) is 2. The van der Waals surface area contributed by atoms with Crippen molar-refractivity contribution in [2.75, 3.05) is 14.2 Å². The fraction of sp³-hybridized carbons (Fsp3) is 0.312. The van der Waals surface area contributed by atoms with Crippen LogP contribution in [0.25, 0.3) is 0 Å². The number of hydrazine groups is 1. The van der Waals surface area contributed by atoms with Crippen molar-refractivity contribution < 1.29 is 9.47 Å². The van der Waals surface area contributed by atoms with Crippen LogP contribution in [0, 0.1) is 0 Å². The summed E-state index contributed by atoms with van der Waals surface area (Å²) in [5.41, 5.74) is 5.16. The van der Waals surface area contributed by atoms with Gasteiger partial charge < -0.3 is 9.47 Å². The Morgan fingerprint density at radius 3 is 2.48 bits per heavy atom. The normalized spacial score (nSPS) is 12.0. The van der Waals surface area contributed by atoms with Gasteiger partial charge in [-0.2, -0.15) is 0 Å². The zero-order valence-corrected chi connectivity index (χ0v) is 12.4. The van der Waals surface area contributed by atoms with Crippen LogP contribution in [0.1, 0.15) is 11.1 Å². The molecule has 2 rings (SSSR count). The van der Waals surface area contributed by atoms with E-state index in [-0.39, 0.29) is 6.04 Å². The van der Waals surface area contributed by atoms with Crippen LogP contribution < -0.4 is 20.7 Å². The Kier molecular flexibility index (Phi) is 5.54. The first-order valence-corrected chi connectivity index (χ1v) is 6.82. The molecule has 112 valence electrons. The molecule has 2 aromatic rings. The zero-order valence-electron chi connectivity index (χ0n) is 12.4. The van der Waals surface area contributed by atoms with Crippen molar-refractivity contribution in [1.82, 2.24) is 10.4 Å². The van der Waals surface area contributed by atoms with E-state index in [0.717, 1.165) is 35.5 Å². The van der Waals surface area contributed by atoms with E-state index in [1.165, 1.54) is 0 Å². The third kappa shape index (κ3) is 4.18. The minimum atomic E-state index is 0.132. The SMILES string of the molecule is COc1ccc(CC(Cc2cccnc2)NN)cc1OC. The number of pyridine rings is 1. The average molecular weight is 287 g/mol. The summed E-state index contributed by atoms with van der Waals surface area (Å²) in [6, 6.07) is 10.0. The molecule has 0 fully saturated rings. The van der Waals surface area contributed by atoms with Gasteiger partial charge in [0, 0.05) is 18.4 Å². The van der Waals surface area contributed by atoms with Crippen molar-refractivity contribution in [2.45, 2.75) is 18.9 Å². The predicted molar refractivity (Wildman–Crippen MR) is 82.3 cm³/mol. The van der Waals surface area contributed by atoms with E-state index in [2.05, 4.69) is 10.4 Å². The first kappa shape index (κ1) is 15.3. The molecule has 0 radical (unpaired) electrons. The van der Waals surface area contributed by atoms with E-state index in [1.54, 1.807) is 20.4 Å². The van der Waals surface area contributed by atoms with Crippen LogP contribution in [0.2, 0.25) is 0 Å². The molecule has 0 amide bonds. The molecule has 0 aliphatic carbocycles. The Morgan fingerprint density at radius 1 is 1.10 bits per heavy atom. The first-order valence-electron chi connectivity index (χ1n) is 6.82. The van der Waals surface area contributed by atoms with Gasteiger partial charge in [0.25, 0.3) is 0 Å². The summed E-state index contributed by atoms with van der Waals surface area (Å²) >= 11 is 0. The molecular weight excluding hydrogens is 266 g/mol. The molecule has 5 heteroatoms. The van der Waals surface area contributed by atoms with E-state index in [4.69, 9.17) is 15.3 Å². The molecule has 1 heterocycles. The quantitative estimate of drug-likeness (QED) is 0.599.